The number of benzene rings is 1. The fourth-order valence-corrected chi connectivity index (χ4v) is 1.83. The average molecular weight is 334 g/mol. The minimum Gasteiger partial charge on any atom is -0.366 e. The molecule has 3 N–H and O–H groups in total. The van der Waals surface area contributed by atoms with Crippen LogP contribution in [-0.4, -0.2) is 16.8 Å². The van der Waals surface area contributed by atoms with Gasteiger partial charge in [-0.15, -0.1) is 0 Å². The van der Waals surface area contributed by atoms with Gasteiger partial charge in [-0.25, -0.2) is 4.98 Å². The molecule has 1 aromatic carbocycles. The van der Waals surface area contributed by atoms with Crippen LogP contribution in [0.5, 0.6) is 0 Å². The summed E-state index contributed by atoms with van der Waals surface area (Å²) in [6.45, 7) is 1.90. The molecule has 2 amide bonds. The van der Waals surface area contributed by atoms with Crippen molar-refractivity contribution in [2.24, 2.45) is 5.73 Å². The maximum absolute atomic E-state index is 12.1. The number of halogens is 1. The highest BCUT2D eigenvalue weighted by Gasteiger charge is 2.10. The summed E-state index contributed by atoms with van der Waals surface area (Å²) >= 11 is 3.34. The number of carbonyl (C=O) groups is 2. The molecule has 102 valence electrons. The lowest BCUT2D eigenvalue weighted by atomic mass is 10.1. The van der Waals surface area contributed by atoms with Gasteiger partial charge in [-0.05, 0) is 52.7 Å². The van der Waals surface area contributed by atoms with E-state index in [4.69, 9.17) is 5.73 Å². The average Bonchev–Trinajstić information content (AvgIpc) is 2.43. The predicted molar refractivity (Wildman–Crippen MR) is 79.6 cm³/mol. The van der Waals surface area contributed by atoms with Crippen molar-refractivity contribution in [2.75, 3.05) is 5.32 Å². The van der Waals surface area contributed by atoms with Crippen molar-refractivity contribution in [2.45, 2.75) is 6.92 Å². The molecule has 0 aliphatic carbocycles. The highest BCUT2D eigenvalue weighted by Crippen LogP contribution is 2.17. The fraction of sp³-hybridized carbons (Fsp3) is 0.0714. The zero-order valence-corrected chi connectivity index (χ0v) is 12.3. The molecule has 0 aliphatic heterocycles. The molecule has 1 aromatic heterocycles. The Labute approximate surface area is 124 Å². The van der Waals surface area contributed by atoms with E-state index in [1.165, 1.54) is 6.07 Å². The van der Waals surface area contributed by atoms with Gasteiger partial charge in [0, 0.05) is 21.8 Å². The summed E-state index contributed by atoms with van der Waals surface area (Å²) in [5.74, 6) is -0.472. The fourth-order valence-electron chi connectivity index (χ4n) is 1.61. The van der Waals surface area contributed by atoms with E-state index in [2.05, 4.69) is 26.2 Å². The molecule has 2 aromatic rings. The third-order valence-corrected chi connectivity index (χ3v) is 3.53. The van der Waals surface area contributed by atoms with Crippen LogP contribution in [0.4, 0.5) is 5.82 Å². The van der Waals surface area contributed by atoms with Gasteiger partial charge in [0.05, 0.1) is 0 Å². The lowest BCUT2D eigenvalue weighted by Crippen LogP contribution is -2.16. The highest BCUT2D eigenvalue weighted by atomic mass is 79.9. The van der Waals surface area contributed by atoms with Gasteiger partial charge in [-0.2, -0.15) is 0 Å². The van der Waals surface area contributed by atoms with Crippen LogP contribution in [0.1, 0.15) is 26.3 Å². The van der Waals surface area contributed by atoms with Crippen LogP contribution in [0.15, 0.2) is 41.0 Å². The Morgan fingerprint density at radius 2 is 1.95 bits per heavy atom. The van der Waals surface area contributed by atoms with Crippen molar-refractivity contribution in [1.29, 1.82) is 0 Å². The first-order valence-corrected chi connectivity index (χ1v) is 6.60. The lowest BCUT2D eigenvalue weighted by Gasteiger charge is -2.06. The predicted octanol–water partition coefficient (Wildman–Crippen LogP) is 2.50. The van der Waals surface area contributed by atoms with Crippen LogP contribution in [0.2, 0.25) is 0 Å². The molecule has 20 heavy (non-hydrogen) atoms. The smallest absolute Gasteiger partial charge is 0.256 e. The van der Waals surface area contributed by atoms with E-state index < -0.39 is 5.91 Å². The summed E-state index contributed by atoms with van der Waals surface area (Å²) in [7, 11) is 0. The SMILES string of the molecule is Cc1cc(NC(=O)c2cccc(C(N)=O)c2)ncc1Br. The summed E-state index contributed by atoms with van der Waals surface area (Å²) < 4.78 is 0.867. The van der Waals surface area contributed by atoms with E-state index in [9.17, 15) is 9.59 Å². The van der Waals surface area contributed by atoms with Crippen LogP contribution in [0, 0.1) is 6.92 Å². The molecule has 5 nitrogen and oxygen atoms in total. The molecule has 2 rings (SSSR count). The van der Waals surface area contributed by atoms with Crippen LogP contribution >= 0.6 is 15.9 Å². The number of nitrogens with one attached hydrogen (secondary N) is 1. The molecule has 0 saturated carbocycles. The van der Waals surface area contributed by atoms with Crippen molar-refractivity contribution >= 4 is 33.6 Å². The standard InChI is InChI=1S/C14H12BrN3O2/c1-8-5-12(17-7-11(8)15)18-14(20)10-4-2-3-9(6-10)13(16)19/h2-7H,1H3,(H2,16,19)(H,17,18,20). The minimum atomic E-state index is -0.572. The molecule has 0 fully saturated rings. The number of primary amides is 1. The van der Waals surface area contributed by atoms with Crippen molar-refractivity contribution in [3.8, 4) is 0 Å². The van der Waals surface area contributed by atoms with Crippen LogP contribution in [-0.2, 0) is 0 Å². The molecule has 0 bridgehead atoms. The maximum Gasteiger partial charge on any atom is 0.256 e. The van der Waals surface area contributed by atoms with Crippen LogP contribution in [0.3, 0.4) is 0 Å². The van der Waals surface area contributed by atoms with Crippen LogP contribution < -0.4 is 11.1 Å². The molecule has 0 unspecified atom stereocenters. The number of anilines is 1. The second-order valence-corrected chi connectivity index (χ2v) is 5.07. The quantitative estimate of drug-likeness (QED) is 0.904. The van der Waals surface area contributed by atoms with Gasteiger partial charge in [0.1, 0.15) is 5.82 Å². The highest BCUT2D eigenvalue weighted by molar-refractivity contribution is 9.10. The van der Waals surface area contributed by atoms with Crippen molar-refractivity contribution in [3.05, 3.63) is 57.7 Å². The van der Waals surface area contributed by atoms with E-state index in [1.807, 2.05) is 6.92 Å². The molecule has 0 spiro atoms. The third-order valence-electron chi connectivity index (χ3n) is 2.70. The van der Waals surface area contributed by atoms with E-state index in [1.54, 1.807) is 30.5 Å². The van der Waals surface area contributed by atoms with E-state index in [0.29, 0.717) is 11.4 Å². The zero-order chi connectivity index (χ0) is 14.7. The molecule has 0 atom stereocenters. The Morgan fingerprint density at radius 1 is 1.25 bits per heavy atom. The molecule has 6 heteroatoms. The van der Waals surface area contributed by atoms with Gasteiger partial charge in [0.15, 0.2) is 0 Å². The number of hydrogen-bond donors (Lipinski definition) is 2. The maximum atomic E-state index is 12.1. The molecular weight excluding hydrogens is 322 g/mol. The number of rotatable bonds is 3. The largest absolute Gasteiger partial charge is 0.366 e. The van der Waals surface area contributed by atoms with Gasteiger partial charge < -0.3 is 11.1 Å². The first-order chi connectivity index (χ1) is 9.47. The number of nitrogens with two attached hydrogens (primary N) is 1. The summed E-state index contributed by atoms with van der Waals surface area (Å²) in [6, 6.07) is 7.97. The first kappa shape index (κ1) is 14.2. The van der Waals surface area contributed by atoms with Gasteiger partial charge in [0.2, 0.25) is 5.91 Å². The van der Waals surface area contributed by atoms with Gasteiger partial charge in [0.25, 0.3) is 5.91 Å². The number of nitrogens with zero attached hydrogens (tertiary/aromatic N) is 1. The molecular formula is C14H12BrN3O2. The molecule has 0 aliphatic rings. The van der Waals surface area contributed by atoms with Gasteiger partial charge >= 0.3 is 0 Å². The normalized spacial score (nSPS) is 10.1. The van der Waals surface area contributed by atoms with Crippen molar-refractivity contribution < 1.29 is 9.59 Å². The Balaban J connectivity index is 2.21. The van der Waals surface area contributed by atoms with E-state index >= 15 is 0 Å². The van der Waals surface area contributed by atoms with Crippen molar-refractivity contribution in [3.63, 3.8) is 0 Å². The second kappa shape index (κ2) is 5.83. The number of aryl methyl sites for hydroxylation is 1. The van der Waals surface area contributed by atoms with Crippen molar-refractivity contribution in [1.82, 2.24) is 4.98 Å². The zero-order valence-electron chi connectivity index (χ0n) is 10.7. The number of hydrogen-bond acceptors (Lipinski definition) is 3. The Bertz CT molecular complexity index is 686. The van der Waals surface area contributed by atoms with E-state index in [-0.39, 0.29) is 11.5 Å². The topological polar surface area (TPSA) is 85.1 Å². The summed E-state index contributed by atoms with van der Waals surface area (Å²) in [6.07, 6.45) is 1.62. The first-order valence-electron chi connectivity index (χ1n) is 5.81. The monoisotopic (exact) mass is 333 g/mol. The summed E-state index contributed by atoms with van der Waals surface area (Å²) in [5, 5.41) is 2.67. The molecule has 0 radical (unpaired) electrons. The Hall–Kier alpha value is -2.21. The number of amides is 2. The number of carbonyl (C=O) groups excluding carboxylic acids is 2. The number of pyridine rings is 1. The summed E-state index contributed by atoms with van der Waals surface area (Å²) in [5.41, 5.74) is 6.78. The number of aromatic nitrogens is 1. The van der Waals surface area contributed by atoms with Gasteiger partial charge in [-0.3, -0.25) is 9.59 Å². The minimum absolute atomic E-state index is 0.289. The lowest BCUT2D eigenvalue weighted by molar-refractivity contribution is 0.1000. The molecule has 1 heterocycles. The van der Waals surface area contributed by atoms with Crippen LogP contribution in [0.25, 0.3) is 0 Å². The van der Waals surface area contributed by atoms with Gasteiger partial charge in [-0.1, -0.05) is 6.07 Å². The third kappa shape index (κ3) is 3.21. The Kier molecular flexibility index (Phi) is 4.14. The second-order valence-electron chi connectivity index (χ2n) is 4.22. The Morgan fingerprint density at radius 3 is 2.60 bits per heavy atom. The van der Waals surface area contributed by atoms with E-state index in [0.717, 1.165) is 10.0 Å². The summed E-state index contributed by atoms with van der Waals surface area (Å²) in [4.78, 5) is 27.3. The molecule has 0 saturated heterocycles.